The van der Waals surface area contributed by atoms with Crippen molar-refractivity contribution in [1.82, 2.24) is 0 Å². The lowest BCUT2D eigenvalue weighted by molar-refractivity contribution is 0.275. The Bertz CT molecular complexity index is 296. The first-order valence-electron chi connectivity index (χ1n) is 5.95. The molecule has 4 heteroatoms. The molecule has 0 aromatic heterocycles. The predicted molar refractivity (Wildman–Crippen MR) is 60.7 cm³/mol. The van der Waals surface area contributed by atoms with Crippen molar-refractivity contribution in [2.45, 2.75) is 57.5 Å². The minimum Gasteiger partial charge on any atom is -0.211 e. The van der Waals surface area contributed by atoms with Crippen molar-refractivity contribution in [3.05, 3.63) is 0 Å². The second kappa shape index (κ2) is 7.10. The Morgan fingerprint density at radius 1 is 1.19 bits per heavy atom. The zero-order valence-corrected chi connectivity index (χ0v) is 9.69. The number of isocyanates is 2. The van der Waals surface area contributed by atoms with Gasteiger partial charge in [0.2, 0.25) is 12.2 Å². The van der Waals surface area contributed by atoms with Gasteiger partial charge in [0.1, 0.15) is 0 Å². The van der Waals surface area contributed by atoms with E-state index in [1.54, 1.807) is 12.2 Å². The molecule has 0 heterocycles. The zero-order chi connectivity index (χ0) is 11.8. The second-order valence-electron chi connectivity index (χ2n) is 4.37. The SMILES string of the molecule is CCCC(N=C=O)C1CCC(N=C=O)CC1. The molecule has 1 fully saturated rings. The molecule has 0 aromatic rings. The van der Waals surface area contributed by atoms with Gasteiger partial charge in [0.15, 0.2) is 0 Å². The summed E-state index contributed by atoms with van der Waals surface area (Å²) in [6, 6.07) is 0.250. The van der Waals surface area contributed by atoms with Crippen LogP contribution in [-0.2, 0) is 9.59 Å². The molecule has 0 spiro atoms. The summed E-state index contributed by atoms with van der Waals surface area (Å²) < 4.78 is 0. The molecule has 1 saturated carbocycles. The molecular formula is C12H18N2O2. The van der Waals surface area contributed by atoms with Crippen LogP contribution >= 0.6 is 0 Å². The fourth-order valence-electron chi connectivity index (χ4n) is 2.46. The average molecular weight is 222 g/mol. The van der Waals surface area contributed by atoms with Gasteiger partial charge in [-0.1, -0.05) is 13.3 Å². The van der Waals surface area contributed by atoms with Crippen molar-refractivity contribution in [3.8, 4) is 0 Å². The first kappa shape index (κ1) is 12.8. The maximum absolute atomic E-state index is 10.3. The first-order valence-corrected chi connectivity index (χ1v) is 5.95. The van der Waals surface area contributed by atoms with Crippen LogP contribution < -0.4 is 0 Å². The smallest absolute Gasteiger partial charge is 0.211 e. The maximum Gasteiger partial charge on any atom is 0.235 e. The van der Waals surface area contributed by atoms with Crippen LogP contribution in [0.5, 0.6) is 0 Å². The zero-order valence-electron chi connectivity index (χ0n) is 9.69. The molecule has 1 aliphatic rings. The van der Waals surface area contributed by atoms with Crippen LogP contribution in [0.25, 0.3) is 0 Å². The van der Waals surface area contributed by atoms with Gasteiger partial charge in [0, 0.05) is 0 Å². The second-order valence-corrected chi connectivity index (χ2v) is 4.37. The van der Waals surface area contributed by atoms with Gasteiger partial charge in [-0.2, -0.15) is 0 Å². The van der Waals surface area contributed by atoms with Crippen molar-refractivity contribution in [2.75, 3.05) is 0 Å². The average Bonchev–Trinajstić information content (AvgIpc) is 2.30. The molecule has 0 aliphatic heterocycles. The van der Waals surface area contributed by atoms with E-state index in [1.165, 1.54) is 0 Å². The molecule has 16 heavy (non-hydrogen) atoms. The number of rotatable bonds is 5. The molecule has 88 valence electrons. The molecule has 0 N–H and O–H groups in total. The molecule has 4 nitrogen and oxygen atoms in total. The number of carbonyl (C=O) groups excluding carboxylic acids is 2. The van der Waals surface area contributed by atoms with Crippen LogP contribution in [0.4, 0.5) is 0 Å². The van der Waals surface area contributed by atoms with E-state index < -0.39 is 0 Å². The summed E-state index contributed by atoms with van der Waals surface area (Å²) in [6.45, 7) is 2.09. The standard InChI is InChI=1S/C12H18N2O2/c1-2-3-12(14-9-16)10-4-6-11(7-5-10)13-8-15/h10-12H,2-7H2,1H3. The van der Waals surface area contributed by atoms with Gasteiger partial charge in [-0.15, -0.1) is 0 Å². The lowest BCUT2D eigenvalue weighted by atomic mass is 9.80. The Hall–Kier alpha value is -1.24. The third kappa shape index (κ3) is 3.73. The molecule has 0 radical (unpaired) electrons. The lowest BCUT2D eigenvalue weighted by Crippen LogP contribution is -2.26. The summed E-state index contributed by atoms with van der Waals surface area (Å²) in [5.41, 5.74) is 0. The summed E-state index contributed by atoms with van der Waals surface area (Å²) in [4.78, 5) is 28.1. The van der Waals surface area contributed by atoms with Crippen molar-refractivity contribution in [2.24, 2.45) is 15.9 Å². The monoisotopic (exact) mass is 222 g/mol. The van der Waals surface area contributed by atoms with E-state index in [9.17, 15) is 9.59 Å². The highest BCUT2D eigenvalue weighted by Gasteiger charge is 2.26. The summed E-state index contributed by atoms with van der Waals surface area (Å²) in [5, 5.41) is 0. The molecule has 1 aliphatic carbocycles. The lowest BCUT2D eigenvalue weighted by Gasteiger charge is -2.29. The Balaban J connectivity index is 2.49. The maximum atomic E-state index is 10.3. The van der Waals surface area contributed by atoms with Gasteiger partial charge in [0.25, 0.3) is 0 Å². The quantitative estimate of drug-likeness (QED) is 0.529. The molecule has 0 amide bonds. The largest absolute Gasteiger partial charge is 0.235 e. The fraction of sp³-hybridized carbons (Fsp3) is 0.833. The van der Waals surface area contributed by atoms with Crippen LogP contribution in [0, 0.1) is 5.92 Å². The molecule has 1 rings (SSSR count). The topological polar surface area (TPSA) is 58.9 Å². The van der Waals surface area contributed by atoms with Gasteiger partial charge in [-0.05, 0) is 38.0 Å². The van der Waals surface area contributed by atoms with Gasteiger partial charge in [0.05, 0.1) is 12.1 Å². The Morgan fingerprint density at radius 2 is 1.88 bits per heavy atom. The van der Waals surface area contributed by atoms with Gasteiger partial charge in [-0.3, -0.25) is 0 Å². The van der Waals surface area contributed by atoms with Crippen molar-refractivity contribution in [1.29, 1.82) is 0 Å². The number of hydrogen-bond acceptors (Lipinski definition) is 4. The van der Waals surface area contributed by atoms with E-state index in [0.717, 1.165) is 38.5 Å². The molecule has 1 atom stereocenters. The minimum absolute atomic E-state index is 0.115. The van der Waals surface area contributed by atoms with Crippen LogP contribution in [0.1, 0.15) is 45.4 Å². The van der Waals surface area contributed by atoms with Crippen molar-refractivity contribution < 1.29 is 9.59 Å². The van der Waals surface area contributed by atoms with E-state index in [0.29, 0.717) is 5.92 Å². The Kier molecular flexibility index (Phi) is 5.69. The van der Waals surface area contributed by atoms with Crippen molar-refractivity contribution in [3.63, 3.8) is 0 Å². The van der Waals surface area contributed by atoms with Crippen LogP contribution in [-0.4, -0.2) is 24.2 Å². The molecular weight excluding hydrogens is 204 g/mol. The highest BCUT2D eigenvalue weighted by molar-refractivity contribution is 5.34. The number of aliphatic imine (C=N–C) groups is 2. The number of hydrogen-bond donors (Lipinski definition) is 0. The summed E-state index contributed by atoms with van der Waals surface area (Å²) in [7, 11) is 0. The van der Waals surface area contributed by atoms with E-state index in [1.807, 2.05) is 0 Å². The summed E-state index contributed by atoms with van der Waals surface area (Å²) >= 11 is 0. The van der Waals surface area contributed by atoms with Crippen LogP contribution in [0.2, 0.25) is 0 Å². The molecule has 1 unspecified atom stereocenters. The van der Waals surface area contributed by atoms with Gasteiger partial charge in [-0.25, -0.2) is 19.6 Å². The predicted octanol–water partition coefficient (Wildman–Crippen LogP) is 2.39. The Labute approximate surface area is 95.9 Å². The van der Waals surface area contributed by atoms with E-state index >= 15 is 0 Å². The normalized spacial score (nSPS) is 26.3. The summed E-state index contributed by atoms with van der Waals surface area (Å²) in [6.07, 6.45) is 9.08. The van der Waals surface area contributed by atoms with E-state index in [2.05, 4.69) is 16.9 Å². The first-order chi connectivity index (χ1) is 7.81. The Morgan fingerprint density at radius 3 is 2.38 bits per heavy atom. The molecule has 0 saturated heterocycles. The highest BCUT2D eigenvalue weighted by atomic mass is 16.1. The third-order valence-corrected chi connectivity index (χ3v) is 3.32. The van der Waals surface area contributed by atoms with Crippen molar-refractivity contribution >= 4 is 12.2 Å². The van der Waals surface area contributed by atoms with E-state index in [4.69, 9.17) is 0 Å². The third-order valence-electron chi connectivity index (χ3n) is 3.32. The van der Waals surface area contributed by atoms with E-state index in [-0.39, 0.29) is 12.1 Å². The summed E-state index contributed by atoms with van der Waals surface area (Å²) in [5.74, 6) is 0.458. The highest BCUT2D eigenvalue weighted by Crippen LogP contribution is 2.31. The van der Waals surface area contributed by atoms with Gasteiger partial charge < -0.3 is 0 Å². The van der Waals surface area contributed by atoms with Crippen LogP contribution in [0.3, 0.4) is 0 Å². The molecule has 0 bridgehead atoms. The van der Waals surface area contributed by atoms with Crippen LogP contribution in [0.15, 0.2) is 9.98 Å². The molecule has 0 aromatic carbocycles. The fourth-order valence-corrected chi connectivity index (χ4v) is 2.46. The number of nitrogens with zero attached hydrogens (tertiary/aromatic N) is 2. The minimum atomic E-state index is 0.115. The van der Waals surface area contributed by atoms with Gasteiger partial charge >= 0.3 is 0 Å².